The number of nitrogens with one attached hydrogen (secondary N) is 2. The van der Waals surface area contributed by atoms with Gasteiger partial charge in [0, 0.05) is 25.2 Å². The van der Waals surface area contributed by atoms with Crippen molar-refractivity contribution in [1.82, 2.24) is 29.4 Å². The number of hydrogen-bond donors (Lipinski definition) is 2. The molecule has 33 heavy (non-hydrogen) atoms. The van der Waals surface area contributed by atoms with E-state index in [2.05, 4.69) is 20.3 Å². The van der Waals surface area contributed by atoms with Crippen molar-refractivity contribution in [3.63, 3.8) is 0 Å². The molecule has 2 N–H and O–H groups in total. The lowest BCUT2D eigenvalue weighted by atomic mass is 10.1. The number of rotatable bonds is 6. The van der Waals surface area contributed by atoms with Gasteiger partial charge in [-0.2, -0.15) is 0 Å². The van der Waals surface area contributed by atoms with E-state index in [0.717, 1.165) is 29.6 Å². The van der Waals surface area contributed by atoms with Crippen LogP contribution in [0.5, 0.6) is 0 Å². The largest absolute Gasteiger partial charge is 0.345 e. The summed E-state index contributed by atoms with van der Waals surface area (Å²) in [7, 11) is 1.90. The Bertz CT molecular complexity index is 1510. The van der Waals surface area contributed by atoms with E-state index in [-0.39, 0.29) is 35.0 Å². The van der Waals surface area contributed by atoms with Gasteiger partial charge in [0.25, 0.3) is 11.5 Å². The third-order valence-corrected chi connectivity index (χ3v) is 6.04. The third kappa shape index (κ3) is 3.83. The minimum atomic E-state index is -0.599. The number of pyridine rings is 1. The maximum Gasteiger partial charge on any atom is 0.330 e. The molecule has 4 aromatic rings. The van der Waals surface area contributed by atoms with Crippen LogP contribution in [-0.2, 0) is 20.1 Å². The van der Waals surface area contributed by atoms with Crippen LogP contribution in [0.25, 0.3) is 22.1 Å². The number of para-hydroxylation sites is 2. The number of nitrogens with zero attached hydrogens (tertiary/aromatic N) is 4. The first kappa shape index (κ1) is 21.1. The Morgan fingerprint density at radius 1 is 1.21 bits per heavy atom. The van der Waals surface area contributed by atoms with Crippen molar-refractivity contribution in [1.29, 1.82) is 0 Å². The second-order valence-electron chi connectivity index (χ2n) is 9.09. The summed E-state index contributed by atoms with van der Waals surface area (Å²) < 4.78 is 3.40. The maximum atomic E-state index is 13.3. The summed E-state index contributed by atoms with van der Waals surface area (Å²) in [6, 6.07) is 9.46. The molecule has 9 heteroatoms. The fraction of sp³-hybridized carbons (Fsp3) is 0.375. The normalized spacial score (nSPS) is 13.8. The van der Waals surface area contributed by atoms with Gasteiger partial charge in [0.05, 0.1) is 28.5 Å². The Morgan fingerprint density at radius 3 is 2.67 bits per heavy atom. The molecule has 1 fully saturated rings. The number of carbonyl (C=O) groups is 1. The van der Waals surface area contributed by atoms with Gasteiger partial charge in [0.1, 0.15) is 5.82 Å². The maximum absolute atomic E-state index is 13.3. The molecule has 0 atom stereocenters. The number of carbonyl (C=O) groups excluding carboxylic acids is 1. The van der Waals surface area contributed by atoms with Gasteiger partial charge in [-0.25, -0.2) is 14.8 Å². The molecule has 1 aromatic carbocycles. The van der Waals surface area contributed by atoms with E-state index < -0.39 is 17.2 Å². The molecule has 0 spiro atoms. The van der Waals surface area contributed by atoms with Crippen LogP contribution in [-0.4, -0.2) is 30.0 Å². The van der Waals surface area contributed by atoms with E-state index in [0.29, 0.717) is 12.4 Å². The zero-order valence-corrected chi connectivity index (χ0v) is 18.9. The lowest BCUT2D eigenvalue weighted by Gasteiger charge is -2.14. The van der Waals surface area contributed by atoms with Crippen molar-refractivity contribution >= 4 is 28.0 Å². The summed E-state index contributed by atoms with van der Waals surface area (Å²) in [6.45, 7) is 4.57. The van der Waals surface area contributed by atoms with Crippen molar-refractivity contribution in [2.75, 3.05) is 0 Å². The Morgan fingerprint density at radius 2 is 1.97 bits per heavy atom. The van der Waals surface area contributed by atoms with Crippen molar-refractivity contribution in [3.8, 4) is 0 Å². The zero-order valence-electron chi connectivity index (χ0n) is 18.9. The molecule has 0 bridgehead atoms. The Kier molecular flexibility index (Phi) is 5.11. The molecule has 0 saturated heterocycles. The number of hydrogen-bond acceptors (Lipinski definition) is 5. The SMILES string of the molecule is CC(C)Cn1c(=O)[nH]c(=O)c2c(C(=O)NCc3nc4ccccc4n3C)cc(C3CC3)nc21. The molecule has 1 saturated carbocycles. The Balaban J connectivity index is 1.57. The molecule has 0 aliphatic heterocycles. The third-order valence-electron chi connectivity index (χ3n) is 6.04. The number of benzene rings is 1. The van der Waals surface area contributed by atoms with E-state index in [4.69, 9.17) is 0 Å². The summed E-state index contributed by atoms with van der Waals surface area (Å²) in [6.07, 6.45) is 1.97. The van der Waals surface area contributed by atoms with Crippen molar-refractivity contribution in [2.24, 2.45) is 13.0 Å². The quantitative estimate of drug-likeness (QED) is 0.472. The first-order chi connectivity index (χ1) is 15.8. The number of H-pyrrole nitrogens is 1. The molecule has 0 radical (unpaired) electrons. The molecular weight excluding hydrogens is 420 g/mol. The molecule has 0 unspecified atom stereocenters. The number of aromatic amines is 1. The van der Waals surface area contributed by atoms with Gasteiger partial charge in [0.15, 0.2) is 5.65 Å². The van der Waals surface area contributed by atoms with Crippen LogP contribution in [0.2, 0.25) is 0 Å². The Hall–Kier alpha value is -3.75. The van der Waals surface area contributed by atoms with Gasteiger partial charge < -0.3 is 9.88 Å². The number of fused-ring (bicyclic) bond motifs is 2. The summed E-state index contributed by atoms with van der Waals surface area (Å²) in [5.74, 6) is 0.730. The van der Waals surface area contributed by atoms with Gasteiger partial charge in [-0.15, -0.1) is 0 Å². The summed E-state index contributed by atoms with van der Waals surface area (Å²) in [5, 5.41) is 3.05. The molecule has 170 valence electrons. The van der Waals surface area contributed by atoms with Gasteiger partial charge in [-0.05, 0) is 37.0 Å². The van der Waals surface area contributed by atoms with E-state index in [1.54, 1.807) is 6.07 Å². The second kappa shape index (κ2) is 7.99. The average Bonchev–Trinajstić information content (AvgIpc) is 3.59. The fourth-order valence-corrected chi connectivity index (χ4v) is 4.20. The molecule has 1 aliphatic rings. The highest BCUT2D eigenvalue weighted by Gasteiger charge is 2.29. The predicted octanol–water partition coefficient (Wildman–Crippen LogP) is 2.43. The van der Waals surface area contributed by atoms with Crippen LogP contribution in [0.4, 0.5) is 0 Å². The summed E-state index contributed by atoms with van der Waals surface area (Å²) in [5.41, 5.74) is 1.97. The van der Waals surface area contributed by atoms with Crippen LogP contribution in [0.1, 0.15) is 54.5 Å². The van der Waals surface area contributed by atoms with Crippen LogP contribution in [0.3, 0.4) is 0 Å². The van der Waals surface area contributed by atoms with Crippen LogP contribution >= 0.6 is 0 Å². The summed E-state index contributed by atoms with van der Waals surface area (Å²) in [4.78, 5) is 50.3. The number of imidazole rings is 1. The van der Waals surface area contributed by atoms with Crippen LogP contribution < -0.4 is 16.6 Å². The first-order valence-corrected chi connectivity index (χ1v) is 11.2. The average molecular weight is 447 g/mol. The van der Waals surface area contributed by atoms with Gasteiger partial charge in [-0.1, -0.05) is 26.0 Å². The number of aryl methyl sites for hydroxylation is 1. The van der Waals surface area contributed by atoms with Gasteiger partial charge in [-0.3, -0.25) is 19.1 Å². The molecular formula is C24H26N6O3. The van der Waals surface area contributed by atoms with E-state index in [1.807, 2.05) is 49.7 Å². The topological polar surface area (TPSA) is 115 Å². The minimum absolute atomic E-state index is 0.141. The smallest absolute Gasteiger partial charge is 0.330 e. The number of aromatic nitrogens is 5. The standard InChI is InChI=1S/C24H26N6O3/c1-13(2)12-30-21-20(23(32)28-24(30)33)15(10-17(27-21)14-8-9-14)22(31)25-11-19-26-16-6-4-5-7-18(16)29(19)3/h4-7,10,13-14H,8-9,11-12H2,1-3H3,(H,25,31)(H,28,32,33). The highest BCUT2D eigenvalue weighted by Crippen LogP contribution is 2.39. The van der Waals surface area contributed by atoms with Gasteiger partial charge >= 0.3 is 5.69 Å². The van der Waals surface area contributed by atoms with E-state index in [9.17, 15) is 14.4 Å². The van der Waals surface area contributed by atoms with Crippen molar-refractivity contribution < 1.29 is 4.79 Å². The second-order valence-corrected chi connectivity index (χ2v) is 9.09. The molecule has 9 nitrogen and oxygen atoms in total. The monoisotopic (exact) mass is 446 g/mol. The van der Waals surface area contributed by atoms with Gasteiger partial charge in [0.2, 0.25) is 0 Å². The number of amides is 1. The predicted molar refractivity (Wildman–Crippen MR) is 125 cm³/mol. The molecule has 3 aromatic heterocycles. The fourth-order valence-electron chi connectivity index (χ4n) is 4.20. The zero-order chi connectivity index (χ0) is 23.3. The molecule has 5 rings (SSSR count). The first-order valence-electron chi connectivity index (χ1n) is 11.2. The van der Waals surface area contributed by atoms with Crippen molar-refractivity contribution in [2.45, 2.75) is 45.7 Å². The lowest BCUT2D eigenvalue weighted by molar-refractivity contribution is 0.0951. The highest BCUT2D eigenvalue weighted by molar-refractivity contribution is 6.05. The minimum Gasteiger partial charge on any atom is -0.345 e. The Labute approximate surface area is 189 Å². The van der Waals surface area contributed by atoms with E-state index >= 15 is 0 Å². The van der Waals surface area contributed by atoms with Crippen LogP contribution in [0.15, 0.2) is 39.9 Å². The lowest BCUT2D eigenvalue weighted by Crippen LogP contribution is -2.34. The van der Waals surface area contributed by atoms with E-state index in [1.165, 1.54) is 4.57 Å². The molecule has 1 aliphatic carbocycles. The molecule has 1 amide bonds. The highest BCUT2D eigenvalue weighted by atomic mass is 16.2. The molecule has 3 heterocycles. The van der Waals surface area contributed by atoms with Crippen molar-refractivity contribution in [3.05, 3.63) is 68.3 Å². The summed E-state index contributed by atoms with van der Waals surface area (Å²) >= 11 is 0. The van der Waals surface area contributed by atoms with Crippen LogP contribution in [0, 0.1) is 5.92 Å².